The molecule has 0 spiro atoms. The van der Waals surface area contributed by atoms with Crippen molar-refractivity contribution in [2.75, 3.05) is 13.1 Å². The van der Waals surface area contributed by atoms with Gasteiger partial charge < -0.3 is 14.8 Å². The molecule has 1 aromatic heterocycles. The third-order valence-electron chi connectivity index (χ3n) is 3.66. The summed E-state index contributed by atoms with van der Waals surface area (Å²) in [4.78, 5) is 14.3. The van der Waals surface area contributed by atoms with Crippen molar-refractivity contribution in [3.05, 3.63) is 24.0 Å². The molecule has 1 saturated carbocycles. The Labute approximate surface area is 115 Å². The average Bonchev–Trinajstić information content (AvgIpc) is 3.15. The lowest BCUT2D eigenvalue weighted by atomic mass is 10.3. The van der Waals surface area contributed by atoms with E-state index in [1.54, 1.807) is 0 Å². The van der Waals surface area contributed by atoms with Crippen LogP contribution in [-0.4, -0.2) is 34.5 Å². The van der Waals surface area contributed by atoms with Gasteiger partial charge in [-0.2, -0.15) is 0 Å². The van der Waals surface area contributed by atoms with Crippen LogP contribution in [0.3, 0.4) is 0 Å². The smallest absolute Gasteiger partial charge is 0.236 e. The maximum absolute atomic E-state index is 12.3. The molecule has 0 saturated heterocycles. The number of nitrogens with zero attached hydrogens (tertiary/aromatic N) is 2. The molecule has 106 valence electrons. The fraction of sp³-hybridized carbons (Fsp3) is 0.667. The Balaban J connectivity index is 1.89. The van der Waals surface area contributed by atoms with Crippen molar-refractivity contribution in [3.8, 4) is 0 Å². The molecule has 4 nitrogen and oxygen atoms in total. The second-order valence-corrected chi connectivity index (χ2v) is 5.43. The Morgan fingerprint density at radius 3 is 2.89 bits per heavy atom. The number of aromatic nitrogens is 1. The molecule has 0 unspecified atom stereocenters. The van der Waals surface area contributed by atoms with Crippen LogP contribution in [0.2, 0.25) is 0 Å². The van der Waals surface area contributed by atoms with Crippen LogP contribution in [-0.2, 0) is 18.4 Å². The molecule has 0 radical (unpaired) electrons. The first-order chi connectivity index (χ1) is 9.20. The quantitative estimate of drug-likeness (QED) is 0.778. The Morgan fingerprint density at radius 1 is 1.53 bits per heavy atom. The Bertz CT molecular complexity index is 409. The Hall–Kier alpha value is -1.29. The van der Waals surface area contributed by atoms with Gasteiger partial charge in [0.2, 0.25) is 5.91 Å². The highest BCUT2D eigenvalue weighted by Crippen LogP contribution is 2.18. The summed E-state index contributed by atoms with van der Waals surface area (Å²) in [6, 6.07) is 4.70. The van der Waals surface area contributed by atoms with E-state index in [-0.39, 0.29) is 5.91 Å². The summed E-state index contributed by atoms with van der Waals surface area (Å²) < 4.78 is 2.08. The van der Waals surface area contributed by atoms with E-state index in [4.69, 9.17) is 0 Å². The fourth-order valence-corrected chi connectivity index (χ4v) is 2.13. The third-order valence-corrected chi connectivity index (χ3v) is 3.66. The van der Waals surface area contributed by atoms with Gasteiger partial charge in [-0.25, -0.2) is 0 Å². The van der Waals surface area contributed by atoms with Crippen molar-refractivity contribution in [3.63, 3.8) is 0 Å². The second kappa shape index (κ2) is 6.75. The highest BCUT2D eigenvalue weighted by molar-refractivity contribution is 5.78. The van der Waals surface area contributed by atoms with Crippen molar-refractivity contribution in [2.45, 2.75) is 45.2 Å². The summed E-state index contributed by atoms with van der Waals surface area (Å²) >= 11 is 0. The van der Waals surface area contributed by atoms with Crippen molar-refractivity contribution >= 4 is 5.91 Å². The average molecular weight is 263 g/mol. The number of unbranched alkanes of at least 4 members (excludes halogenated alkanes) is 1. The van der Waals surface area contributed by atoms with E-state index in [9.17, 15) is 4.79 Å². The number of nitrogens with one attached hydrogen (secondary N) is 1. The van der Waals surface area contributed by atoms with E-state index in [2.05, 4.69) is 22.9 Å². The van der Waals surface area contributed by atoms with Crippen LogP contribution in [0.5, 0.6) is 0 Å². The summed E-state index contributed by atoms with van der Waals surface area (Å²) in [5.41, 5.74) is 1.19. The molecule has 1 heterocycles. The zero-order chi connectivity index (χ0) is 13.7. The topological polar surface area (TPSA) is 37.3 Å². The minimum Gasteiger partial charge on any atom is -0.353 e. The molecule has 0 bridgehead atoms. The van der Waals surface area contributed by atoms with E-state index in [1.807, 2.05) is 24.2 Å². The van der Waals surface area contributed by atoms with Crippen molar-refractivity contribution in [2.24, 2.45) is 7.05 Å². The summed E-state index contributed by atoms with van der Waals surface area (Å²) in [6.45, 7) is 4.22. The number of aryl methyl sites for hydroxylation is 1. The number of carbonyl (C=O) groups is 1. The number of rotatable bonds is 8. The highest BCUT2D eigenvalue weighted by atomic mass is 16.2. The SMILES string of the molecule is CCCCN(Cc1cccn1C)C(=O)CNC1CC1. The summed E-state index contributed by atoms with van der Waals surface area (Å²) in [5.74, 6) is 0.224. The standard InChI is InChI=1S/C15H25N3O/c1-3-4-10-18(12-14-6-5-9-17(14)2)15(19)11-16-13-7-8-13/h5-6,9,13,16H,3-4,7-8,10-12H2,1-2H3. The van der Waals surface area contributed by atoms with Gasteiger partial charge in [0.25, 0.3) is 0 Å². The van der Waals surface area contributed by atoms with Crippen LogP contribution in [0.25, 0.3) is 0 Å². The van der Waals surface area contributed by atoms with Gasteiger partial charge in [0, 0.05) is 31.5 Å². The van der Waals surface area contributed by atoms with Crippen LogP contribution in [0, 0.1) is 0 Å². The van der Waals surface area contributed by atoms with Crippen LogP contribution >= 0.6 is 0 Å². The highest BCUT2D eigenvalue weighted by Gasteiger charge is 2.23. The first-order valence-corrected chi connectivity index (χ1v) is 7.32. The van der Waals surface area contributed by atoms with E-state index < -0.39 is 0 Å². The normalized spacial score (nSPS) is 14.6. The largest absolute Gasteiger partial charge is 0.353 e. The summed E-state index contributed by atoms with van der Waals surface area (Å²) in [7, 11) is 2.03. The molecule has 4 heteroatoms. The third kappa shape index (κ3) is 4.39. The molecular weight excluding hydrogens is 238 g/mol. The van der Waals surface area contributed by atoms with Gasteiger partial charge in [0.05, 0.1) is 13.1 Å². The minimum atomic E-state index is 0.224. The Kier molecular flexibility index (Phi) is 5.02. The molecular formula is C15H25N3O. The molecule has 0 aliphatic heterocycles. The zero-order valence-corrected chi connectivity index (χ0v) is 12.1. The van der Waals surface area contributed by atoms with Crippen LogP contribution in [0.15, 0.2) is 18.3 Å². The van der Waals surface area contributed by atoms with E-state index in [0.29, 0.717) is 19.1 Å². The van der Waals surface area contributed by atoms with Crippen molar-refractivity contribution in [1.82, 2.24) is 14.8 Å². The Morgan fingerprint density at radius 2 is 2.32 bits per heavy atom. The van der Waals surface area contributed by atoms with Crippen molar-refractivity contribution < 1.29 is 4.79 Å². The minimum absolute atomic E-state index is 0.224. The van der Waals surface area contributed by atoms with Crippen molar-refractivity contribution in [1.29, 1.82) is 0 Å². The van der Waals surface area contributed by atoms with Gasteiger partial charge in [0.1, 0.15) is 0 Å². The molecule has 1 aromatic rings. The van der Waals surface area contributed by atoms with Gasteiger partial charge in [0.15, 0.2) is 0 Å². The summed E-state index contributed by atoms with van der Waals surface area (Å²) in [5, 5.41) is 3.31. The fourth-order valence-electron chi connectivity index (χ4n) is 2.13. The predicted molar refractivity (Wildman–Crippen MR) is 76.8 cm³/mol. The predicted octanol–water partition coefficient (Wildman–Crippen LogP) is 1.91. The molecule has 1 aliphatic carbocycles. The monoisotopic (exact) mass is 263 g/mol. The lowest BCUT2D eigenvalue weighted by Crippen LogP contribution is -2.39. The van der Waals surface area contributed by atoms with Gasteiger partial charge in [-0.1, -0.05) is 13.3 Å². The maximum Gasteiger partial charge on any atom is 0.236 e. The number of hydrogen-bond donors (Lipinski definition) is 1. The molecule has 2 rings (SSSR count). The van der Waals surface area contributed by atoms with Gasteiger partial charge in [-0.15, -0.1) is 0 Å². The van der Waals surface area contributed by atoms with Gasteiger partial charge >= 0.3 is 0 Å². The van der Waals surface area contributed by atoms with E-state index in [0.717, 1.165) is 19.4 Å². The first-order valence-electron chi connectivity index (χ1n) is 7.32. The first kappa shape index (κ1) is 14.1. The van der Waals surface area contributed by atoms with E-state index in [1.165, 1.54) is 18.5 Å². The molecule has 0 aromatic carbocycles. The van der Waals surface area contributed by atoms with Crippen LogP contribution in [0.1, 0.15) is 38.3 Å². The number of carbonyl (C=O) groups excluding carboxylic acids is 1. The molecule has 1 amide bonds. The van der Waals surface area contributed by atoms with Gasteiger partial charge in [-0.3, -0.25) is 4.79 Å². The van der Waals surface area contributed by atoms with Crippen LogP contribution in [0.4, 0.5) is 0 Å². The molecule has 1 aliphatic rings. The van der Waals surface area contributed by atoms with Gasteiger partial charge in [-0.05, 0) is 31.4 Å². The molecule has 0 atom stereocenters. The number of amides is 1. The van der Waals surface area contributed by atoms with Crippen LogP contribution < -0.4 is 5.32 Å². The number of hydrogen-bond acceptors (Lipinski definition) is 2. The summed E-state index contributed by atoms with van der Waals surface area (Å²) in [6.07, 6.45) is 6.66. The van der Waals surface area contributed by atoms with E-state index >= 15 is 0 Å². The zero-order valence-electron chi connectivity index (χ0n) is 12.1. The maximum atomic E-state index is 12.3. The lowest BCUT2D eigenvalue weighted by Gasteiger charge is -2.23. The molecule has 1 N–H and O–H groups in total. The lowest BCUT2D eigenvalue weighted by molar-refractivity contribution is -0.131. The molecule has 1 fully saturated rings. The molecule has 19 heavy (non-hydrogen) atoms. The second-order valence-electron chi connectivity index (χ2n) is 5.43.